The minimum absolute atomic E-state index is 0.152. The van der Waals surface area contributed by atoms with Crippen molar-refractivity contribution in [2.75, 3.05) is 17.2 Å². The Morgan fingerprint density at radius 2 is 1.77 bits per heavy atom. The van der Waals surface area contributed by atoms with Crippen LogP contribution in [0.5, 0.6) is 5.75 Å². The van der Waals surface area contributed by atoms with Gasteiger partial charge in [0.15, 0.2) is 6.61 Å². The second-order valence-electron chi connectivity index (χ2n) is 6.88. The summed E-state index contributed by atoms with van der Waals surface area (Å²) in [6.07, 6.45) is 0. The number of benzene rings is 3. The minimum atomic E-state index is -0.289. The summed E-state index contributed by atoms with van der Waals surface area (Å²) in [5.74, 6) is 0.166. The van der Waals surface area contributed by atoms with E-state index in [1.165, 1.54) is 0 Å². The molecule has 7 heteroatoms. The highest BCUT2D eigenvalue weighted by Gasteiger charge is 2.09. The number of ether oxygens (including phenoxy) is 1. The fourth-order valence-electron chi connectivity index (χ4n) is 2.81. The average Bonchev–Trinajstić information content (AvgIpc) is 2.69. The molecule has 0 saturated heterocycles. The van der Waals surface area contributed by atoms with Gasteiger partial charge in [0.2, 0.25) is 0 Å². The summed E-state index contributed by atoms with van der Waals surface area (Å²) in [5, 5.41) is 7.20. The molecule has 0 fully saturated rings. The second-order valence-corrected chi connectivity index (χ2v) is 8.61. The quantitative estimate of drug-likeness (QED) is 0.362. The van der Waals surface area contributed by atoms with Gasteiger partial charge in [-0.1, -0.05) is 51.3 Å². The van der Waals surface area contributed by atoms with Gasteiger partial charge in [-0.15, -0.1) is 0 Å². The highest BCUT2D eigenvalue weighted by atomic mass is 79.9. The molecule has 3 aromatic rings. The highest BCUT2D eigenvalue weighted by molar-refractivity contribution is 9.10. The summed E-state index contributed by atoms with van der Waals surface area (Å²) in [6, 6.07) is 16.9. The number of nitrogens with one attached hydrogen (secondary N) is 2. The third kappa shape index (κ3) is 6.14. The first-order valence-electron chi connectivity index (χ1n) is 9.29. The number of carbonyl (C=O) groups excluding carboxylic acids is 1. The van der Waals surface area contributed by atoms with Crippen molar-refractivity contribution >= 4 is 56.4 Å². The summed E-state index contributed by atoms with van der Waals surface area (Å²) in [5.41, 5.74) is 4.78. The zero-order valence-corrected chi connectivity index (χ0v) is 19.7. The number of amides is 1. The molecule has 0 unspecified atom stereocenters. The average molecular weight is 508 g/mol. The molecule has 156 valence electrons. The van der Waals surface area contributed by atoms with Crippen molar-refractivity contribution in [2.45, 2.75) is 20.4 Å². The Kier molecular flexibility index (Phi) is 7.64. The van der Waals surface area contributed by atoms with Crippen molar-refractivity contribution in [3.63, 3.8) is 0 Å². The molecule has 0 spiro atoms. The maximum absolute atomic E-state index is 12.1. The van der Waals surface area contributed by atoms with Crippen molar-refractivity contribution in [3.05, 3.63) is 85.8 Å². The van der Waals surface area contributed by atoms with E-state index in [-0.39, 0.29) is 12.5 Å². The molecule has 0 radical (unpaired) electrons. The Hall–Kier alpha value is -2.21. The van der Waals surface area contributed by atoms with Gasteiger partial charge in [0, 0.05) is 27.4 Å². The Labute approximate surface area is 194 Å². The minimum Gasteiger partial charge on any atom is -0.482 e. The zero-order chi connectivity index (χ0) is 21.7. The fourth-order valence-corrected chi connectivity index (χ4v) is 3.72. The molecule has 3 aromatic carbocycles. The van der Waals surface area contributed by atoms with Gasteiger partial charge in [-0.05, 0) is 73.0 Å². The first-order chi connectivity index (χ1) is 14.3. The topological polar surface area (TPSA) is 50.4 Å². The van der Waals surface area contributed by atoms with Gasteiger partial charge in [-0.25, -0.2) is 0 Å². The van der Waals surface area contributed by atoms with Crippen molar-refractivity contribution in [2.24, 2.45) is 0 Å². The molecule has 0 aliphatic heterocycles. The van der Waals surface area contributed by atoms with Crippen molar-refractivity contribution in [1.82, 2.24) is 0 Å². The normalized spacial score (nSPS) is 10.6. The van der Waals surface area contributed by atoms with E-state index in [9.17, 15) is 4.79 Å². The molecule has 2 N–H and O–H groups in total. The number of carbonyl (C=O) groups is 1. The molecule has 3 rings (SSSR count). The van der Waals surface area contributed by atoms with Gasteiger partial charge >= 0.3 is 0 Å². The highest BCUT2D eigenvalue weighted by Crippen LogP contribution is 2.27. The standard InChI is InChI=1S/C23H21BrCl2N2O2/c1-14-3-6-18(11-19(14)25)28-23(29)13-30-22-8-4-16(10-20(22)26)12-27-21-7-5-17(24)9-15(21)2/h3-11,27H,12-13H2,1-2H3,(H,28,29). The van der Waals surface area contributed by atoms with E-state index < -0.39 is 0 Å². The van der Waals surface area contributed by atoms with Crippen LogP contribution in [0.15, 0.2) is 59.1 Å². The largest absolute Gasteiger partial charge is 0.482 e. The molecule has 0 heterocycles. The molecule has 0 atom stereocenters. The van der Waals surface area contributed by atoms with Crippen LogP contribution in [0.25, 0.3) is 0 Å². The zero-order valence-electron chi connectivity index (χ0n) is 16.6. The van der Waals surface area contributed by atoms with Gasteiger partial charge in [0.25, 0.3) is 5.91 Å². The van der Waals surface area contributed by atoms with Gasteiger partial charge in [0.05, 0.1) is 5.02 Å². The lowest BCUT2D eigenvalue weighted by molar-refractivity contribution is -0.118. The van der Waals surface area contributed by atoms with Crippen LogP contribution in [-0.4, -0.2) is 12.5 Å². The van der Waals surface area contributed by atoms with E-state index in [0.717, 1.165) is 26.9 Å². The Bertz CT molecular complexity index is 1070. The van der Waals surface area contributed by atoms with Gasteiger partial charge in [-0.3, -0.25) is 4.79 Å². The molecule has 0 aromatic heterocycles. The molecule has 1 amide bonds. The molecular formula is C23H21BrCl2N2O2. The summed E-state index contributed by atoms with van der Waals surface area (Å²) in [7, 11) is 0. The van der Waals surface area contributed by atoms with Crippen LogP contribution in [0.4, 0.5) is 11.4 Å². The maximum atomic E-state index is 12.1. The van der Waals surface area contributed by atoms with Crippen LogP contribution in [0.3, 0.4) is 0 Å². The second kappa shape index (κ2) is 10.2. The Balaban J connectivity index is 1.54. The van der Waals surface area contributed by atoms with Crippen LogP contribution in [0.1, 0.15) is 16.7 Å². The van der Waals surface area contributed by atoms with Crippen LogP contribution in [0, 0.1) is 13.8 Å². The smallest absolute Gasteiger partial charge is 0.262 e. The molecular weight excluding hydrogens is 487 g/mol. The summed E-state index contributed by atoms with van der Waals surface area (Å²) in [6.45, 7) is 4.42. The SMILES string of the molecule is Cc1ccc(NC(=O)COc2ccc(CNc3ccc(Br)cc3C)cc2Cl)cc1Cl. The van der Waals surface area contributed by atoms with Gasteiger partial charge in [-0.2, -0.15) is 0 Å². The third-order valence-corrected chi connectivity index (χ3v) is 5.68. The van der Waals surface area contributed by atoms with E-state index in [0.29, 0.717) is 28.0 Å². The predicted octanol–water partition coefficient (Wildman–Crippen LogP) is 7.00. The molecule has 4 nitrogen and oxygen atoms in total. The van der Waals surface area contributed by atoms with Crippen molar-refractivity contribution < 1.29 is 9.53 Å². The summed E-state index contributed by atoms with van der Waals surface area (Å²) in [4.78, 5) is 12.1. The first kappa shape index (κ1) is 22.5. The lowest BCUT2D eigenvalue weighted by atomic mass is 10.1. The van der Waals surface area contributed by atoms with E-state index in [1.54, 1.807) is 18.2 Å². The van der Waals surface area contributed by atoms with E-state index in [1.807, 2.05) is 44.2 Å². The van der Waals surface area contributed by atoms with Crippen LogP contribution < -0.4 is 15.4 Å². The predicted molar refractivity (Wildman–Crippen MR) is 128 cm³/mol. The monoisotopic (exact) mass is 506 g/mol. The van der Waals surface area contributed by atoms with E-state index in [2.05, 4.69) is 32.6 Å². The number of hydrogen-bond acceptors (Lipinski definition) is 3. The number of halogens is 3. The lowest BCUT2D eigenvalue weighted by Crippen LogP contribution is -2.20. The molecule has 0 aliphatic rings. The summed E-state index contributed by atoms with van der Waals surface area (Å²) < 4.78 is 6.62. The molecule has 30 heavy (non-hydrogen) atoms. The number of rotatable bonds is 7. The van der Waals surface area contributed by atoms with Crippen molar-refractivity contribution in [1.29, 1.82) is 0 Å². The number of hydrogen-bond donors (Lipinski definition) is 2. The Morgan fingerprint density at radius 3 is 2.47 bits per heavy atom. The lowest BCUT2D eigenvalue weighted by Gasteiger charge is -2.12. The van der Waals surface area contributed by atoms with Crippen LogP contribution in [0.2, 0.25) is 10.0 Å². The van der Waals surface area contributed by atoms with Gasteiger partial charge in [0.1, 0.15) is 5.75 Å². The van der Waals surface area contributed by atoms with E-state index >= 15 is 0 Å². The molecule has 0 bridgehead atoms. The van der Waals surface area contributed by atoms with Crippen LogP contribution in [-0.2, 0) is 11.3 Å². The molecule has 0 saturated carbocycles. The molecule has 0 aliphatic carbocycles. The van der Waals surface area contributed by atoms with Crippen molar-refractivity contribution in [3.8, 4) is 5.75 Å². The maximum Gasteiger partial charge on any atom is 0.262 e. The number of aryl methyl sites for hydroxylation is 2. The van der Waals surface area contributed by atoms with Crippen LogP contribution >= 0.6 is 39.1 Å². The third-order valence-electron chi connectivity index (χ3n) is 4.48. The Morgan fingerprint density at radius 1 is 0.967 bits per heavy atom. The number of anilines is 2. The van der Waals surface area contributed by atoms with Gasteiger partial charge < -0.3 is 15.4 Å². The fraction of sp³-hybridized carbons (Fsp3) is 0.174. The first-order valence-corrected chi connectivity index (χ1v) is 10.8. The van der Waals surface area contributed by atoms with E-state index in [4.69, 9.17) is 27.9 Å². The summed E-state index contributed by atoms with van der Waals surface area (Å²) >= 11 is 15.9.